The van der Waals surface area contributed by atoms with Gasteiger partial charge in [-0.3, -0.25) is 9.88 Å². The monoisotopic (exact) mass is 606 g/mol. The second-order valence-corrected chi connectivity index (χ2v) is 12.4. The molecule has 9 nitrogen and oxygen atoms in total. The summed E-state index contributed by atoms with van der Waals surface area (Å²) < 4.78 is 34.4. The normalized spacial score (nSPS) is 21.8. The Balaban J connectivity index is 1.29. The fraction of sp³-hybridized carbons (Fsp3) is 0.400. The number of hydrogen-bond donors (Lipinski definition) is 1. The molecular weight excluding hydrogens is 571 g/mol. The highest BCUT2D eigenvalue weighted by atomic mass is 19.1. The van der Waals surface area contributed by atoms with E-state index in [-0.39, 0.29) is 41.6 Å². The lowest BCUT2D eigenvalue weighted by Gasteiger charge is -2.37. The van der Waals surface area contributed by atoms with Crippen LogP contribution in [0.3, 0.4) is 0 Å². The van der Waals surface area contributed by atoms with E-state index in [4.69, 9.17) is 35.6 Å². The molecule has 45 heavy (non-hydrogen) atoms. The lowest BCUT2D eigenvalue weighted by Crippen LogP contribution is -2.53. The molecule has 1 N–H and O–H groups in total. The van der Waals surface area contributed by atoms with Gasteiger partial charge in [0, 0.05) is 42.9 Å². The lowest BCUT2D eigenvalue weighted by molar-refractivity contribution is 0.0512. The van der Waals surface area contributed by atoms with Crippen LogP contribution < -0.4 is 19.7 Å². The SMILES string of the molecule is C#Cc1cccc2cc(OCOC)cc(-c3ncc4c(N5[C@@H]6C=C[C@H]5CNC6)nc(OCC56CCCN5CCC6)nc4c3F)c12. The zero-order chi connectivity index (χ0) is 30.5. The molecule has 4 aliphatic rings. The average Bonchev–Trinajstić information content (AvgIpc) is 3.72. The van der Waals surface area contributed by atoms with E-state index in [1.165, 1.54) is 0 Å². The minimum Gasteiger partial charge on any atom is -0.468 e. The fourth-order valence-corrected chi connectivity index (χ4v) is 7.76. The number of anilines is 1. The highest BCUT2D eigenvalue weighted by Crippen LogP contribution is 2.41. The van der Waals surface area contributed by atoms with Crippen molar-refractivity contribution in [2.75, 3.05) is 51.6 Å². The molecule has 2 atom stereocenters. The summed E-state index contributed by atoms with van der Waals surface area (Å²) in [6.45, 7) is 4.26. The van der Waals surface area contributed by atoms with E-state index in [9.17, 15) is 0 Å². The number of piperazine rings is 1. The Labute approximate surface area is 261 Å². The van der Waals surface area contributed by atoms with Crippen LogP contribution in [0.4, 0.5) is 10.2 Å². The van der Waals surface area contributed by atoms with Crippen LogP contribution in [0.5, 0.6) is 11.8 Å². The highest BCUT2D eigenvalue weighted by molar-refractivity contribution is 6.03. The molecule has 4 aromatic rings. The second kappa shape index (κ2) is 11.2. The Kier molecular flexibility index (Phi) is 7.05. The first-order valence-electron chi connectivity index (χ1n) is 15.7. The molecule has 0 radical (unpaired) electrons. The van der Waals surface area contributed by atoms with Crippen molar-refractivity contribution in [3.8, 4) is 35.4 Å². The van der Waals surface area contributed by atoms with Gasteiger partial charge in [0.15, 0.2) is 12.6 Å². The molecule has 10 heteroatoms. The average molecular weight is 607 g/mol. The Morgan fingerprint density at radius 2 is 1.89 bits per heavy atom. The molecule has 4 aliphatic heterocycles. The van der Waals surface area contributed by atoms with Gasteiger partial charge in [-0.25, -0.2) is 4.39 Å². The van der Waals surface area contributed by atoms with Gasteiger partial charge in [0.25, 0.3) is 0 Å². The van der Waals surface area contributed by atoms with Crippen LogP contribution in [-0.2, 0) is 4.74 Å². The van der Waals surface area contributed by atoms with Crippen molar-refractivity contribution >= 4 is 27.5 Å². The first-order chi connectivity index (χ1) is 22.1. The third-order valence-electron chi connectivity index (χ3n) is 9.85. The number of fused-ring (bicyclic) bond motifs is 5. The summed E-state index contributed by atoms with van der Waals surface area (Å²) in [5.74, 6) is 3.34. The standard InChI is InChI=1S/C35H35FN6O3/c1-3-22-7-4-8-23-15-26(45-21-43-2)16-27(29(22)23)31-30(36)32-28(19-38-31)33(42-24-9-10-25(42)18-37-17-24)40-34(39-32)44-20-35-11-5-13-41(35)14-6-12-35/h1,4,7-10,15-16,19,24-25,37H,5-6,11-14,17-18,20-21H2,2H3/t24-,25+. The van der Waals surface area contributed by atoms with Crippen LogP contribution in [0.25, 0.3) is 32.9 Å². The molecule has 0 aliphatic carbocycles. The molecule has 0 saturated carbocycles. The first-order valence-corrected chi connectivity index (χ1v) is 15.7. The van der Waals surface area contributed by atoms with Crippen LogP contribution in [0.2, 0.25) is 0 Å². The molecule has 6 heterocycles. The molecular formula is C35H35FN6O3. The maximum atomic E-state index is 17.0. The first kappa shape index (κ1) is 28.2. The summed E-state index contributed by atoms with van der Waals surface area (Å²) >= 11 is 0. The summed E-state index contributed by atoms with van der Waals surface area (Å²) in [6.07, 6.45) is 16.5. The van der Waals surface area contributed by atoms with Crippen molar-refractivity contribution < 1.29 is 18.6 Å². The number of nitrogens with zero attached hydrogens (tertiary/aromatic N) is 5. The van der Waals surface area contributed by atoms with Gasteiger partial charge in [0.2, 0.25) is 0 Å². The van der Waals surface area contributed by atoms with Crippen molar-refractivity contribution in [2.24, 2.45) is 0 Å². The number of methoxy groups -OCH3 is 1. The van der Waals surface area contributed by atoms with Crippen LogP contribution in [0.15, 0.2) is 48.7 Å². The van der Waals surface area contributed by atoms with Crippen LogP contribution >= 0.6 is 0 Å². The number of aromatic nitrogens is 3. The molecule has 0 unspecified atom stereocenters. The van der Waals surface area contributed by atoms with Gasteiger partial charge < -0.3 is 24.4 Å². The molecule has 3 fully saturated rings. The number of pyridine rings is 1. The van der Waals surface area contributed by atoms with Gasteiger partial charge in [-0.1, -0.05) is 30.2 Å². The molecule has 0 spiro atoms. The summed E-state index contributed by atoms with van der Waals surface area (Å²) in [5, 5.41) is 5.54. The summed E-state index contributed by atoms with van der Waals surface area (Å²) in [6, 6.07) is 9.63. The van der Waals surface area contributed by atoms with Crippen molar-refractivity contribution in [2.45, 2.75) is 43.3 Å². The van der Waals surface area contributed by atoms with E-state index >= 15 is 4.39 Å². The summed E-state index contributed by atoms with van der Waals surface area (Å²) in [5.41, 5.74) is 1.45. The Morgan fingerprint density at radius 1 is 1.09 bits per heavy atom. The van der Waals surface area contributed by atoms with Gasteiger partial charge in [-0.05, 0) is 62.4 Å². The summed E-state index contributed by atoms with van der Waals surface area (Å²) in [4.78, 5) is 19.2. The van der Waals surface area contributed by atoms with Crippen molar-refractivity contribution in [3.05, 3.63) is 60.1 Å². The highest BCUT2D eigenvalue weighted by Gasteiger charge is 2.45. The zero-order valence-corrected chi connectivity index (χ0v) is 25.3. The Hall–Kier alpha value is -4.30. The quantitative estimate of drug-likeness (QED) is 0.175. The minimum absolute atomic E-state index is 0.00321. The van der Waals surface area contributed by atoms with Crippen LogP contribution in [0.1, 0.15) is 31.2 Å². The van der Waals surface area contributed by atoms with E-state index in [2.05, 4.69) is 33.2 Å². The summed E-state index contributed by atoms with van der Waals surface area (Å²) in [7, 11) is 1.55. The molecule has 2 aromatic heterocycles. The largest absolute Gasteiger partial charge is 0.468 e. The Morgan fingerprint density at radius 3 is 2.64 bits per heavy atom. The predicted molar refractivity (Wildman–Crippen MR) is 171 cm³/mol. The fourth-order valence-electron chi connectivity index (χ4n) is 7.76. The van der Waals surface area contributed by atoms with E-state index in [1.807, 2.05) is 24.3 Å². The van der Waals surface area contributed by atoms with Crippen molar-refractivity contribution in [1.82, 2.24) is 25.2 Å². The molecule has 8 rings (SSSR count). The lowest BCUT2D eigenvalue weighted by atomic mass is 9.95. The van der Waals surface area contributed by atoms with Crippen LogP contribution in [0, 0.1) is 18.2 Å². The van der Waals surface area contributed by atoms with Crippen LogP contribution in [-0.4, -0.2) is 84.2 Å². The third-order valence-corrected chi connectivity index (χ3v) is 9.85. The predicted octanol–water partition coefficient (Wildman–Crippen LogP) is 4.67. The Bertz CT molecular complexity index is 1850. The molecule has 0 amide bonds. The minimum atomic E-state index is -0.560. The number of terminal acetylenes is 1. The van der Waals surface area contributed by atoms with E-state index in [0.29, 0.717) is 40.1 Å². The molecule has 2 aromatic carbocycles. The van der Waals surface area contributed by atoms with Crippen molar-refractivity contribution in [1.29, 1.82) is 0 Å². The number of hydrogen-bond acceptors (Lipinski definition) is 9. The smallest absolute Gasteiger partial charge is 0.319 e. The van der Waals surface area contributed by atoms with Gasteiger partial charge in [-0.2, -0.15) is 9.97 Å². The van der Waals surface area contributed by atoms with Gasteiger partial charge in [0.05, 0.1) is 23.0 Å². The number of halogens is 1. The van der Waals surface area contributed by atoms with E-state index < -0.39 is 5.82 Å². The van der Waals surface area contributed by atoms with Gasteiger partial charge >= 0.3 is 6.01 Å². The molecule has 3 saturated heterocycles. The maximum absolute atomic E-state index is 17.0. The maximum Gasteiger partial charge on any atom is 0.319 e. The molecule has 230 valence electrons. The number of nitrogens with one attached hydrogen (secondary N) is 1. The van der Waals surface area contributed by atoms with Gasteiger partial charge in [-0.15, -0.1) is 6.42 Å². The number of rotatable bonds is 8. The number of ether oxygens (including phenoxy) is 3. The van der Waals surface area contributed by atoms with Crippen molar-refractivity contribution in [3.63, 3.8) is 0 Å². The topological polar surface area (TPSA) is 84.9 Å². The second-order valence-electron chi connectivity index (χ2n) is 12.4. The zero-order valence-electron chi connectivity index (χ0n) is 25.3. The molecule has 2 bridgehead atoms. The number of benzene rings is 2. The van der Waals surface area contributed by atoms with E-state index in [1.54, 1.807) is 19.4 Å². The van der Waals surface area contributed by atoms with E-state index in [0.717, 1.165) is 57.2 Å². The third kappa shape index (κ3) is 4.69. The van der Waals surface area contributed by atoms with Gasteiger partial charge in [0.1, 0.15) is 29.4 Å².